The predicted molar refractivity (Wildman–Crippen MR) is 88.9 cm³/mol. The minimum atomic E-state index is -0.450. The van der Waals surface area contributed by atoms with Crippen molar-refractivity contribution in [1.29, 1.82) is 0 Å². The number of nitro groups is 1. The van der Waals surface area contributed by atoms with Gasteiger partial charge in [-0.25, -0.2) is 0 Å². The zero-order valence-electron chi connectivity index (χ0n) is 13.1. The average Bonchev–Trinajstić information content (AvgIpc) is 3.07. The molecular formula is C18H16N2O4. The van der Waals surface area contributed by atoms with E-state index in [1.165, 1.54) is 19.2 Å². The van der Waals surface area contributed by atoms with Crippen LogP contribution >= 0.6 is 0 Å². The van der Waals surface area contributed by atoms with Crippen molar-refractivity contribution in [2.45, 2.75) is 12.5 Å². The van der Waals surface area contributed by atoms with Gasteiger partial charge in [-0.05, 0) is 11.1 Å². The number of aliphatic imine (C=N–C) groups is 1. The molecule has 2 aromatic rings. The summed E-state index contributed by atoms with van der Waals surface area (Å²) in [4.78, 5) is 27.2. The molecule has 0 saturated heterocycles. The normalized spacial score (nSPS) is 19.6. The maximum atomic E-state index is 12.1. The number of methoxy groups -OCH3 is 1. The summed E-state index contributed by atoms with van der Waals surface area (Å²) in [6.45, 7) is 0. The number of nitro benzene ring substituents is 1. The highest BCUT2D eigenvalue weighted by Gasteiger charge is 2.37. The van der Waals surface area contributed by atoms with Crippen molar-refractivity contribution in [3.05, 3.63) is 75.8 Å². The van der Waals surface area contributed by atoms with E-state index in [4.69, 9.17) is 9.73 Å². The largest absolute Gasteiger partial charge is 0.469 e. The van der Waals surface area contributed by atoms with Crippen LogP contribution in [0, 0.1) is 16.0 Å². The Balaban J connectivity index is 1.96. The molecule has 0 spiro atoms. The third-order valence-electron chi connectivity index (χ3n) is 4.15. The van der Waals surface area contributed by atoms with Gasteiger partial charge in [0, 0.05) is 24.3 Å². The van der Waals surface area contributed by atoms with Crippen LogP contribution in [-0.2, 0) is 9.53 Å². The van der Waals surface area contributed by atoms with E-state index >= 15 is 0 Å². The number of nitrogens with zero attached hydrogens (tertiary/aromatic N) is 2. The van der Waals surface area contributed by atoms with Gasteiger partial charge in [-0.2, -0.15) is 0 Å². The number of hydrogen-bond acceptors (Lipinski definition) is 5. The van der Waals surface area contributed by atoms with E-state index in [0.29, 0.717) is 6.42 Å². The number of esters is 1. The lowest BCUT2D eigenvalue weighted by Crippen LogP contribution is -2.20. The number of carbonyl (C=O) groups excluding carboxylic acids is 1. The lowest BCUT2D eigenvalue weighted by atomic mass is 9.91. The lowest BCUT2D eigenvalue weighted by molar-refractivity contribution is -0.384. The number of ether oxygens (including phenoxy) is 1. The monoisotopic (exact) mass is 324 g/mol. The molecule has 3 rings (SSSR count). The zero-order valence-corrected chi connectivity index (χ0v) is 13.1. The molecule has 1 heterocycles. The standard InChI is InChI=1S/C18H16N2O4/c1-24-18(21)15-11-16(12-5-3-2-4-6-12)19-17(15)13-7-9-14(10-8-13)20(22)23/h2-10,15,17H,11H2,1H3/t15-,17+/m1/s1. The summed E-state index contributed by atoms with van der Waals surface area (Å²) in [5.41, 5.74) is 2.59. The second-order valence-electron chi connectivity index (χ2n) is 5.57. The van der Waals surface area contributed by atoms with Crippen molar-refractivity contribution in [3.63, 3.8) is 0 Å². The molecule has 122 valence electrons. The summed E-state index contributed by atoms with van der Waals surface area (Å²) in [5, 5.41) is 10.8. The first-order valence-electron chi connectivity index (χ1n) is 7.54. The van der Waals surface area contributed by atoms with Crippen LogP contribution in [0.4, 0.5) is 5.69 Å². The van der Waals surface area contributed by atoms with Crippen LogP contribution in [0.25, 0.3) is 0 Å². The molecule has 0 fully saturated rings. The summed E-state index contributed by atoms with van der Waals surface area (Å²) < 4.78 is 4.91. The fraction of sp³-hybridized carbons (Fsp3) is 0.222. The molecule has 0 bridgehead atoms. The predicted octanol–water partition coefficient (Wildman–Crippen LogP) is 3.32. The van der Waals surface area contributed by atoms with Crippen molar-refractivity contribution in [1.82, 2.24) is 0 Å². The number of benzene rings is 2. The Morgan fingerprint density at radius 2 is 1.83 bits per heavy atom. The van der Waals surface area contributed by atoms with Gasteiger partial charge < -0.3 is 4.74 Å². The molecule has 0 unspecified atom stereocenters. The molecule has 0 aromatic heterocycles. The van der Waals surface area contributed by atoms with Crippen LogP contribution < -0.4 is 0 Å². The highest BCUT2D eigenvalue weighted by Crippen LogP contribution is 2.37. The quantitative estimate of drug-likeness (QED) is 0.491. The molecule has 0 saturated carbocycles. The molecule has 1 aliphatic rings. The van der Waals surface area contributed by atoms with Crippen molar-refractivity contribution < 1.29 is 14.5 Å². The molecule has 1 aliphatic heterocycles. The Hall–Kier alpha value is -3.02. The smallest absolute Gasteiger partial charge is 0.311 e. The van der Waals surface area contributed by atoms with E-state index in [0.717, 1.165) is 16.8 Å². The maximum Gasteiger partial charge on any atom is 0.311 e. The second-order valence-corrected chi connectivity index (χ2v) is 5.57. The van der Waals surface area contributed by atoms with Gasteiger partial charge >= 0.3 is 5.97 Å². The first-order chi connectivity index (χ1) is 11.6. The molecular weight excluding hydrogens is 308 g/mol. The van der Waals surface area contributed by atoms with Crippen molar-refractivity contribution in [2.24, 2.45) is 10.9 Å². The first kappa shape index (κ1) is 15.9. The Morgan fingerprint density at radius 1 is 1.17 bits per heavy atom. The molecule has 2 aromatic carbocycles. The fourth-order valence-electron chi connectivity index (χ4n) is 2.92. The van der Waals surface area contributed by atoms with Gasteiger partial charge in [-0.15, -0.1) is 0 Å². The summed E-state index contributed by atoms with van der Waals surface area (Å²) >= 11 is 0. The van der Waals surface area contributed by atoms with Gasteiger partial charge in [0.25, 0.3) is 5.69 Å². The first-order valence-corrected chi connectivity index (χ1v) is 7.54. The highest BCUT2D eigenvalue weighted by molar-refractivity contribution is 6.04. The summed E-state index contributed by atoms with van der Waals surface area (Å²) in [6, 6.07) is 15.4. The van der Waals surface area contributed by atoms with Gasteiger partial charge in [0.2, 0.25) is 0 Å². The van der Waals surface area contributed by atoms with Crippen molar-refractivity contribution in [2.75, 3.05) is 7.11 Å². The van der Waals surface area contributed by atoms with Crippen molar-refractivity contribution in [3.8, 4) is 0 Å². The lowest BCUT2D eigenvalue weighted by Gasteiger charge is -2.15. The van der Waals surface area contributed by atoms with Crippen LogP contribution in [-0.4, -0.2) is 23.7 Å². The molecule has 6 heteroatoms. The SMILES string of the molecule is COC(=O)[C@@H]1CC(c2ccccc2)=N[C@H]1c1ccc([N+](=O)[O-])cc1. The highest BCUT2D eigenvalue weighted by atomic mass is 16.6. The van der Waals surface area contributed by atoms with Crippen LogP contribution in [0.3, 0.4) is 0 Å². The van der Waals surface area contributed by atoms with Crippen LogP contribution in [0.1, 0.15) is 23.6 Å². The molecule has 0 amide bonds. The second kappa shape index (κ2) is 6.62. The van der Waals surface area contributed by atoms with Crippen molar-refractivity contribution >= 4 is 17.4 Å². The number of carbonyl (C=O) groups is 1. The molecule has 2 atom stereocenters. The third-order valence-corrected chi connectivity index (χ3v) is 4.15. The van der Waals surface area contributed by atoms with Gasteiger partial charge in [0.1, 0.15) is 0 Å². The molecule has 6 nitrogen and oxygen atoms in total. The van der Waals surface area contributed by atoms with Gasteiger partial charge in [0.15, 0.2) is 0 Å². The maximum absolute atomic E-state index is 12.1. The van der Waals surface area contributed by atoms with Crippen LogP contribution in [0.2, 0.25) is 0 Å². The van der Waals surface area contributed by atoms with Gasteiger partial charge in [-0.3, -0.25) is 19.9 Å². The van der Waals surface area contributed by atoms with E-state index < -0.39 is 16.9 Å². The minimum Gasteiger partial charge on any atom is -0.469 e. The molecule has 0 radical (unpaired) electrons. The third kappa shape index (κ3) is 3.03. The Bertz CT molecular complexity index is 784. The Morgan fingerprint density at radius 3 is 2.42 bits per heavy atom. The van der Waals surface area contributed by atoms with E-state index in [1.54, 1.807) is 12.1 Å². The molecule has 0 aliphatic carbocycles. The summed E-state index contributed by atoms with van der Waals surface area (Å²) in [5.74, 6) is -0.750. The fourth-order valence-corrected chi connectivity index (χ4v) is 2.92. The van der Waals surface area contributed by atoms with Gasteiger partial charge in [-0.1, -0.05) is 42.5 Å². The van der Waals surface area contributed by atoms with E-state index in [1.807, 2.05) is 30.3 Å². The van der Waals surface area contributed by atoms with E-state index in [9.17, 15) is 14.9 Å². The molecule has 24 heavy (non-hydrogen) atoms. The molecule has 0 N–H and O–H groups in total. The van der Waals surface area contributed by atoms with Gasteiger partial charge in [0.05, 0.1) is 24.0 Å². The Labute approximate surface area is 138 Å². The zero-order chi connectivity index (χ0) is 17.1. The average molecular weight is 324 g/mol. The number of hydrogen-bond donors (Lipinski definition) is 0. The van der Waals surface area contributed by atoms with Crippen LogP contribution in [0.5, 0.6) is 0 Å². The van der Waals surface area contributed by atoms with E-state index in [2.05, 4.69) is 0 Å². The minimum absolute atomic E-state index is 0.0126. The van der Waals surface area contributed by atoms with Crippen LogP contribution in [0.15, 0.2) is 59.6 Å². The summed E-state index contributed by atoms with van der Waals surface area (Å²) in [7, 11) is 1.36. The topological polar surface area (TPSA) is 81.8 Å². The summed E-state index contributed by atoms with van der Waals surface area (Å²) in [6.07, 6.45) is 0.484. The number of rotatable bonds is 4. The number of non-ortho nitro benzene ring substituents is 1. The Kier molecular flexibility index (Phi) is 4.37. The van der Waals surface area contributed by atoms with E-state index in [-0.39, 0.29) is 11.7 Å².